The van der Waals surface area contributed by atoms with Crippen LogP contribution in [0.3, 0.4) is 0 Å². The predicted octanol–water partition coefficient (Wildman–Crippen LogP) is 3.93. The molecular weight excluding hydrogens is 243 g/mol. The van der Waals surface area contributed by atoms with Gasteiger partial charge in [0.15, 0.2) is 0 Å². The lowest BCUT2D eigenvalue weighted by molar-refractivity contribution is -0.137. The van der Waals surface area contributed by atoms with Crippen molar-refractivity contribution in [3.8, 4) is 0 Å². The number of carbonyl (C=O) groups is 1. The van der Waals surface area contributed by atoms with Crippen molar-refractivity contribution in [2.75, 3.05) is 5.32 Å². The van der Waals surface area contributed by atoms with Crippen LogP contribution in [0.15, 0.2) is 18.2 Å². The minimum absolute atomic E-state index is 0.0558. The molecular formula is C13H14F3NO. The number of nitrogens with one attached hydrogen (secondary N) is 1. The van der Waals surface area contributed by atoms with Gasteiger partial charge >= 0.3 is 6.18 Å². The zero-order valence-electron chi connectivity index (χ0n) is 9.97. The molecule has 1 aliphatic rings. The molecule has 1 aromatic rings. The Bertz CT molecular complexity index is 468. The van der Waals surface area contributed by atoms with E-state index in [1.54, 1.807) is 6.07 Å². The van der Waals surface area contributed by atoms with Crippen LogP contribution < -0.4 is 5.32 Å². The van der Waals surface area contributed by atoms with Gasteiger partial charge in [0.1, 0.15) is 0 Å². The Hall–Kier alpha value is -1.52. The highest BCUT2D eigenvalue weighted by atomic mass is 19.4. The summed E-state index contributed by atoms with van der Waals surface area (Å²) < 4.78 is 38.6. The van der Waals surface area contributed by atoms with E-state index in [2.05, 4.69) is 5.32 Å². The Balaban J connectivity index is 2.51. The second-order valence-corrected chi connectivity index (χ2v) is 4.51. The van der Waals surface area contributed by atoms with Crippen molar-refractivity contribution in [2.45, 2.75) is 38.3 Å². The lowest BCUT2D eigenvalue weighted by Gasteiger charge is -2.27. The van der Waals surface area contributed by atoms with Crippen LogP contribution in [0.2, 0.25) is 0 Å². The first-order chi connectivity index (χ1) is 8.43. The van der Waals surface area contributed by atoms with Crippen LogP contribution in [0.5, 0.6) is 0 Å². The van der Waals surface area contributed by atoms with Crippen LogP contribution in [0.4, 0.5) is 18.9 Å². The second-order valence-electron chi connectivity index (χ2n) is 4.51. The van der Waals surface area contributed by atoms with Gasteiger partial charge in [-0.3, -0.25) is 4.79 Å². The van der Waals surface area contributed by atoms with Gasteiger partial charge in [-0.25, -0.2) is 0 Å². The van der Waals surface area contributed by atoms with Crippen LogP contribution in [-0.4, -0.2) is 5.91 Å². The van der Waals surface area contributed by atoms with Crippen LogP contribution in [0, 0.1) is 0 Å². The molecule has 2 rings (SSSR count). The SMILES string of the molecule is CCCC1CC(=O)Nc2c1cccc2C(F)(F)F. The molecule has 0 fully saturated rings. The fraction of sp³-hybridized carbons (Fsp3) is 0.462. The van der Waals surface area contributed by atoms with Gasteiger partial charge < -0.3 is 5.32 Å². The number of rotatable bonds is 2. The molecule has 0 radical (unpaired) electrons. The number of alkyl halides is 3. The van der Waals surface area contributed by atoms with E-state index in [9.17, 15) is 18.0 Å². The quantitative estimate of drug-likeness (QED) is 0.854. The summed E-state index contributed by atoms with van der Waals surface area (Å²) in [5.41, 5.74) is -0.208. The third kappa shape index (κ3) is 2.35. The normalized spacial score (nSPS) is 19.3. The van der Waals surface area contributed by atoms with Crippen molar-refractivity contribution in [2.24, 2.45) is 0 Å². The summed E-state index contributed by atoms with van der Waals surface area (Å²) in [6.45, 7) is 1.96. The molecule has 0 spiro atoms. The number of benzene rings is 1. The third-order valence-corrected chi connectivity index (χ3v) is 3.18. The van der Waals surface area contributed by atoms with Gasteiger partial charge in [0, 0.05) is 6.42 Å². The topological polar surface area (TPSA) is 29.1 Å². The van der Waals surface area contributed by atoms with E-state index in [1.807, 2.05) is 6.92 Å². The average molecular weight is 257 g/mol. The first-order valence-corrected chi connectivity index (χ1v) is 5.93. The average Bonchev–Trinajstić information content (AvgIpc) is 2.27. The van der Waals surface area contributed by atoms with Gasteiger partial charge in [0.25, 0.3) is 0 Å². The van der Waals surface area contributed by atoms with E-state index in [1.165, 1.54) is 6.07 Å². The molecule has 98 valence electrons. The van der Waals surface area contributed by atoms with Crippen molar-refractivity contribution in [1.29, 1.82) is 0 Å². The number of fused-ring (bicyclic) bond motifs is 1. The zero-order valence-corrected chi connectivity index (χ0v) is 9.97. The molecule has 1 unspecified atom stereocenters. The molecule has 1 atom stereocenters. The van der Waals surface area contributed by atoms with Crippen LogP contribution in [0.25, 0.3) is 0 Å². The van der Waals surface area contributed by atoms with Crippen LogP contribution in [-0.2, 0) is 11.0 Å². The van der Waals surface area contributed by atoms with Gasteiger partial charge in [0.2, 0.25) is 5.91 Å². The Morgan fingerprint density at radius 3 is 2.72 bits per heavy atom. The highest BCUT2D eigenvalue weighted by Crippen LogP contribution is 2.43. The number of carbonyl (C=O) groups excluding carboxylic acids is 1. The summed E-state index contributed by atoms with van der Waals surface area (Å²) >= 11 is 0. The molecule has 1 aromatic carbocycles. The number of hydrogen-bond donors (Lipinski definition) is 1. The zero-order chi connectivity index (χ0) is 13.3. The molecule has 1 heterocycles. The van der Waals surface area contributed by atoms with Crippen molar-refractivity contribution >= 4 is 11.6 Å². The Morgan fingerprint density at radius 1 is 1.39 bits per heavy atom. The molecule has 5 heteroatoms. The van der Waals surface area contributed by atoms with Gasteiger partial charge in [-0.05, 0) is 24.0 Å². The van der Waals surface area contributed by atoms with Gasteiger partial charge in [-0.1, -0.05) is 25.5 Å². The van der Waals surface area contributed by atoms with E-state index in [-0.39, 0.29) is 23.9 Å². The Labute approximate surface area is 103 Å². The van der Waals surface area contributed by atoms with Gasteiger partial charge in [-0.15, -0.1) is 0 Å². The van der Waals surface area contributed by atoms with E-state index in [0.717, 1.165) is 18.9 Å². The molecule has 0 aliphatic carbocycles. The smallest absolute Gasteiger partial charge is 0.325 e. The van der Waals surface area contributed by atoms with Gasteiger partial charge in [0.05, 0.1) is 11.3 Å². The standard InChI is InChI=1S/C13H14F3NO/c1-2-4-8-7-11(18)17-12-9(8)5-3-6-10(12)13(14,15)16/h3,5-6,8H,2,4,7H2,1H3,(H,17,18). The van der Waals surface area contributed by atoms with E-state index < -0.39 is 11.7 Å². The summed E-state index contributed by atoms with van der Waals surface area (Å²) in [6.07, 6.45) is -2.61. The minimum Gasteiger partial charge on any atom is -0.325 e. The third-order valence-electron chi connectivity index (χ3n) is 3.18. The van der Waals surface area contributed by atoms with E-state index in [0.29, 0.717) is 5.56 Å². The molecule has 0 aromatic heterocycles. The lowest BCUT2D eigenvalue weighted by atomic mass is 9.85. The molecule has 1 N–H and O–H groups in total. The second kappa shape index (κ2) is 4.63. The highest BCUT2D eigenvalue weighted by Gasteiger charge is 2.37. The number of hydrogen-bond acceptors (Lipinski definition) is 1. The maximum Gasteiger partial charge on any atom is 0.418 e. The van der Waals surface area contributed by atoms with Crippen molar-refractivity contribution in [1.82, 2.24) is 0 Å². The lowest BCUT2D eigenvalue weighted by Crippen LogP contribution is -2.25. The number of para-hydroxylation sites is 1. The van der Waals surface area contributed by atoms with E-state index >= 15 is 0 Å². The monoisotopic (exact) mass is 257 g/mol. The maximum atomic E-state index is 12.9. The maximum absolute atomic E-state index is 12.9. The number of anilines is 1. The fourth-order valence-electron chi connectivity index (χ4n) is 2.42. The van der Waals surface area contributed by atoms with Crippen molar-refractivity contribution in [3.05, 3.63) is 29.3 Å². The molecule has 2 nitrogen and oxygen atoms in total. The Morgan fingerprint density at radius 2 is 2.11 bits per heavy atom. The summed E-state index contributed by atoms with van der Waals surface area (Å²) in [4.78, 5) is 11.5. The Kier molecular flexibility index (Phi) is 3.32. The molecule has 18 heavy (non-hydrogen) atoms. The van der Waals surface area contributed by atoms with Crippen LogP contribution in [0.1, 0.15) is 43.2 Å². The number of amides is 1. The fourth-order valence-corrected chi connectivity index (χ4v) is 2.42. The molecule has 1 amide bonds. The first-order valence-electron chi connectivity index (χ1n) is 5.93. The van der Waals surface area contributed by atoms with E-state index in [4.69, 9.17) is 0 Å². The van der Waals surface area contributed by atoms with Crippen molar-refractivity contribution in [3.63, 3.8) is 0 Å². The van der Waals surface area contributed by atoms with Gasteiger partial charge in [-0.2, -0.15) is 13.2 Å². The molecule has 0 saturated carbocycles. The minimum atomic E-state index is -4.44. The predicted molar refractivity (Wildman–Crippen MR) is 62.3 cm³/mol. The first kappa shape index (κ1) is 12.9. The molecule has 1 aliphatic heterocycles. The van der Waals surface area contributed by atoms with Crippen molar-refractivity contribution < 1.29 is 18.0 Å². The largest absolute Gasteiger partial charge is 0.418 e. The summed E-state index contributed by atoms with van der Waals surface area (Å²) in [6, 6.07) is 4.08. The summed E-state index contributed by atoms with van der Waals surface area (Å²) in [7, 11) is 0. The molecule has 0 saturated heterocycles. The number of halogens is 3. The highest BCUT2D eigenvalue weighted by molar-refractivity contribution is 5.95. The summed E-state index contributed by atoms with van der Waals surface area (Å²) in [5.74, 6) is -0.446. The molecule has 0 bridgehead atoms. The van der Waals surface area contributed by atoms with Crippen LogP contribution >= 0.6 is 0 Å². The summed E-state index contributed by atoms with van der Waals surface area (Å²) in [5, 5.41) is 2.36.